The molecule has 0 bridgehead atoms. The van der Waals surface area contributed by atoms with E-state index in [4.69, 9.17) is 15.9 Å². The van der Waals surface area contributed by atoms with E-state index in [-0.39, 0.29) is 17.3 Å². The first kappa shape index (κ1) is 15.2. The number of hydrogen-bond acceptors (Lipinski definition) is 4. The van der Waals surface area contributed by atoms with Crippen molar-refractivity contribution in [1.29, 1.82) is 0 Å². The fraction of sp³-hybridized carbons (Fsp3) is 0.0556. The van der Waals surface area contributed by atoms with Crippen LogP contribution >= 0.6 is 15.9 Å². The summed E-state index contributed by atoms with van der Waals surface area (Å²) in [7, 11) is 1.54. The zero-order valence-corrected chi connectivity index (χ0v) is 13.7. The SMILES string of the molecule is C#Cc1cc(/C=C2\Oc3c(ccc(OC)c3Br)C2=O)ccc1O. The highest BCUT2D eigenvalue weighted by Gasteiger charge is 2.30. The number of ketones is 1. The van der Waals surface area contributed by atoms with E-state index in [1.165, 1.54) is 13.2 Å². The number of carbonyl (C=O) groups is 1. The summed E-state index contributed by atoms with van der Waals surface area (Å²) in [4.78, 5) is 12.4. The van der Waals surface area contributed by atoms with Crippen LogP contribution in [0, 0.1) is 12.3 Å². The van der Waals surface area contributed by atoms with E-state index in [0.717, 1.165) is 0 Å². The Bertz CT molecular complexity index is 891. The van der Waals surface area contributed by atoms with Crippen molar-refractivity contribution in [3.63, 3.8) is 0 Å². The lowest BCUT2D eigenvalue weighted by molar-refractivity contribution is 0.101. The lowest BCUT2D eigenvalue weighted by Crippen LogP contribution is -1.98. The number of rotatable bonds is 2. The monoisotopic (exact) mass is 370 g/mol. The summed E-state index contributed by atoms with van der Waals surface area (Å²) in [6.07, 6.45) is 6.91. The van der Waals surface area contributed by atoms with Gasteiger partial charge in [-0.3, -0.25) is 4.79 Å². The second-order valence-electron chi connectivity index (χ2n) is 4.82. The third kappa shape index (κ3) is 2.58. The van der Waals surface area contributed by atoms with E-state index >= 15 is 0 Å². The van der Waals surface area contributed by atoms with Crippen molar-refractivity contribution in [2.45, 2.75) is 0 Å². The van der Waals surface area contributed by atoms with E-state index in [1.54, 1.807) is 30.3 Å². The van der Waals surface area contributed by atoms with Gasteiger partial charge in [0, 0.05) is 0 Å². The molecule has 1 N–H and O–H groups in total. The molecular weight excluding hydrogens is 360 g/mol. The van der Waals surface area contributed by atoms with Crippen molar-refractivity contribution in [2.75, 3.05) is 7.11 Å². The van der Waals surface area contributed by atoms with Crippen LogP contribution in [-0.4, -0.2) is 18.0 Å². The molecule has 0 saturated carbocycles. The molecule has 0 atom stereocenters. The van der Waals surface area contributed by atoms with Crippen LogP contribution in [-0.2, 0) is 0 Å². The van der Waals surface area contributed by atoms with Crippen molar-refractivity contribution in [3.8, 4) is 29.6 Å². The van der Waals surface area contributed by atoms with Gasteiger partial charge >= 0.3 is 0 Å². The lowest BCUT2D eigenvalue weighted by atomic mass is 10.1. The zero-order chi connectivity index (χ0) is 16.6. The van der Waals surface area contributed by atoms with Crippen molar-refractivity contribution in [1.82, 2.24) is 0 Å². The molecular formula is C18H11BrO4. The van der Waals surface area contributed by atoms with E-state index in [2.05, 4.69) is 21.9 Å². The highest BCUT2D eigenvalue weighted by Crippen LogP contribution is 2.43. The number of methoxy groups -OCH3 is 1. The summed E-state index contributed by atoms with van der Waals surface area (Å²) in [5.74, 6) is 3.37. The molecule has 0 saturated heterocycles. The molecule has 2 aromatic carbocycles. The third-order valence-electron chi connectivity index (χ3n) is 3.44. The van der Waals surface area contributed by atoms with Crippen LogP contribution in [0.5, 0.6) is 17.2 Å². The summed E-state index contributed by atoms with van der Waals surface area (Å²) in [6.45, 7) is 0. The molecule has 1 aliphatic rings. The number of ether oxygens (including phenoxy) is 2. The standard InChI is InChI=1S/C18H11BrO4/c1-3-11-8-10(4-6-13(11)20)9-15-17(21)12-5-7-14(22-2)16(19)18(12)23-15/h1,4-9,20H,2H3/b15-9-. The molecule has 0 unspecified atom stereocenters. The minimum atomic E-state index is -0.223. The van der Waals surface area contributed by atoms with Crippen LogP contribution < -0.4 is 9.47 Å². The Morgan fingerprint density at radius 2 is 2.13 bits per heavy atom. The number of halogens is 1. The Balaban J connectivity index is 2.02. The van der Waals surface area contributed by atoms with Crippen LogP contribution in [0.25, 0.3) is 6.08 Å². The Hall–Kier alpha value is -2.71. The van der Waals surface area contributed by atoms with Crippen LogP contribution in [0.1, 0.15) is 21.5 Å². The molecule has 0 fully saturated rings. The van der Waals surface area contributed by atoms with Crippen LogP contribution in [0.2, 0.25) is 0 Å². The quantitative estimate of drug-likeness (QED) is 0.645. The number of phenolic OH excluding ortho intramolecular Hbond substituents is 1. The lowest BCUT2D eigenvalue weighted by Gasteiger charge is -2.06. The van der Waals surface area contributed by atoms with Gasteiger partial charge in [0.1, 0.15) is 16.0 Å². The molecule has 1 aliphatic heterocycles. The number of terminal acetylenes is 1. The average molecular weight is 371 g/mol. The molecule has 2 aromatic rings. The summed E-state index contributed by atoms with van der Waals surface area (Å²) in [6, 6.07) is 8.10. The predicted molar refractivity (Wildman–Crippen MR) is 89.7 cm³/mol. The van der Waals surface area contributed by atoms with E-state index in [1.807, 2.05) is 0 Å². The zero-order valence-electron chi connectivity index (χ0n) is 12.1. The second kappa shape index (κ2) is 5.82. The van der Waals surface area contributed by atoms with Gasteiger partial charge in [0.2, 0.25) is 5.78 Å². The fourth-order valence-corrected chi connectivity index (χ4v) is 2.86. The van der Waals surface area contributed by atoms with Crippen LogP contribution in [0.15, 0.2) is 40.6 Å². The molecule has 5 heteroatoms. The molecule has 4 nitrogen and oxygen atoms in total. The van der Waals surface area contributed by atoms with Gasteiger partial charge in [-0.05, 0) is 51.8 Å². The number of carbonyl (C=O) groups excluding carboxylic acids is 1. The largest absolute Gasteiger partial charge is 0.507 e. The Morgan fingerprint density at radius 1 is 1.35 bits per heavy atom. The van der Waals surface area contributed by atoms with Crippen LogP contribution in [0.4, 0.5) is 0 Å². The van der Waals surface area contributed by atoms with Gasteiger partial charge in [-0.2, -0.15) is 0 Å². The van der Waals surface area contributed by atoms with Crippen molar-refractivity contribution >= 4 is 27.8 Å². The first-order valence-corrected chi connectivity index (χ1v) is 7.45. The predicted octanol–water partition coefficient (Wildman–Crippen LogP) is 3.76. The van der Waals surface area contributed by atoms with E-state index < -0.39 is 0 Å². The highest BCUT2D eigenvalue weighted by atomic mass is 79.9. The molecule has 0 amide bonds. The van der Waals surface area contributed by atoms with Crippen LogP contribution in [0.3, 0.4) is 0 Å². The van der Waals surface area contributed by atoms with Gasteiger partial charge in [-0.25, -0.2) is 0 Å². The molecule has 0 radical (unpaired) electrons. The smallest absolute Gasteiger partial charge is 0.232 e. The summed E-state index contributed by atoms with van der Waals surface area (Å²) < 4.78 is 11.5. The molecule has 1 heterocycles. The number of allylic oxidation sites excluding steroid dienone is 1. The van der Waals surface area contributed by atoms with Gasteiger partial charge in [0.25, 0.3) is 0 Å². The summed E-state index contributed by atoms with van der Waals surface area (Å²) in [5, 5.41) is 9.60. The van der Waals surface area contributed by atoms with E-state index in [0.29, 0.717) is 32.7 Å². The average Bonchev–Trinajstić information content (AvgIpc) is 2.87. The van der Waals surface area contributed by atoms with Crippen molar-refractivity contribution in [2.24, 2.45) is 0 Å². The van der Waals surface area contributed by atoms with E-state index in [9.17, 15) is 9.90 Å². The molecule has 0 aromatic heterocycles. The molecule has 0 spiro atoms. The van der Waals surface area contributed by atoms with Gasteiger partial charge in [0.15, 0.2) is 11.5 Å². The normalized spacial score (nSPS) is 14.3. The Kier molecular flexibility index (Phi) is 3.85. The number of aromatic hydroxyl groups is 1. The van der Waals surface area contributed by atoms with Crippen molar-refractivity contribution < 1.29 is 19.4 Å². The minimum Gasteiger partial charge on any atom is -0.507 e. The molecule has 114 valence electrons. The molecule has 23 heavy (non-hydrogen) atoms. The number of benzene rings is 2. The summed E-state index contributed by atoms with van der Waals surface area (Å²) >= 11 is 3.38. The topological polar surface area (TPSA) is 55.8 Å². The highest BCUT2D eigenvalue weighted by molar-refractivity contribution is 9.10. The third-order valence-corrected chi connectivity index (χ3v) is 4.19. The minimum absolute atomic E-state index is 0.0177. The maximum absolute atomic E-state index is 12.4. The number of phenols is 1. The Morgan fingerprint density at radius 3 is 2.83 bits per heavy atom. The molecule has 3 rings (SSSR count). The maximum Gasteiger partial charge on any atom is 0.232 e. The summed E-state index contributed by atoms with van der Waals surface area (Å²) in [5.41, 5.74) is 1.47. The fourth-order valence-electron chi connectivity index (χ4n) is 2.27. The van der Waals surface area contributed by atoms with Gasteiger partial charge < -0.3 is 14.6 Å². The number of Topliss-reactive ketones (excluding diaryl/α,β-unsaturated/α-hetero) is 1. The Labute approximate surface area is 141 Å². The van der Waals surface area contributed by atoms with Crippen molar-refractivity contribution in [3.05, 3.63) is 57.3 Å². The van der Waals surface area contributed by atoms with Gasteiger partial charge in [-0.1, -0.05) is 12.0 Å². The maximum atomic E-state index is 12.4. The second-order valence-corrected chi connectivity index (χ2v) is 5.61. The van der Waals surface area contributed by atoms with Gasteiger partial charge in [-0.15, -0.1) is 6.42 Å². The first-order chi connectivity index (χ1) is 11.0. The first-order valence-electron chi connectivity index (χ1n) is 6.65. The number of hydrogen-bond donors (Lipinski definition) is 1. The molecule has 0 aliphatic carbocycles. The van der Waals surface area contributed by atoms with Gasteiger partial charge in [0.05, 0.1) is 18.2 Å². The number of fused-ring (bicyclic) bond motifs is 1.